The molecule has 1 aliphatic heterocycles. The fourth-order valence-corrected chi connectivity index (χ4v) is 3.73. The molecule has 3 nitrogen and oxygen atoms in total. The maximum Gasteiger partial charge on any atom is 0.159 e. The average Bonchev–Trinajstić information content (AvgIpc) is 3.08. The van der Waals surface area contributed by atoms with Crippen molar-refractivity contribution < 1.29 is 4.79 Å². The number of aromatic nitrogens is 1. The van der Waals surface area contributed by atoms with Crippen molar-refractivity contribution in [2.45, 2.75) is 26.3 Å². The summed E-state index contributed by atoms with van der Waals surface area (Å²) in [6, 6.07) is 16.6. The summed E-state index contributed by atoms with van der Waals surface area (Å²) < 4.78 is 0. The van der Waals surface area contributed by atoms with Gasteiger partial charge < -0.3 is 4.90 Å². The third-order valence-corrected chi connectivity index (χ3v) is 5.60. The number of allylic oxidation sites excluding steroid dienone is 6. The Hall–Kier alpha value is -3.72. The highest BCUT2D eigenvalue weighted by atomic mass is 16.1. The molecule has 4 rings (SSSR count). The van der Waals surface area contributed by atoms with E-state index in [1.165, 1.54) is 5.39 Å². The van der Waals surface area contributed by atoms with Crippen LogP contribution in [0.15, 0.2) is 104 Å². The van der Waals surface area contributed by atoms with E-state index < -0.39 is 0 Å². The van der Waals surface area contributed by atoms with Crippen molar-refractivity contribution in [2.75, 3.05) is 0 Å². The first-order valence-electron chi connectivity index (χ1n) is 10.6. The van der Waals surface area contributed by atoms with E-state index in [0.717, 1.165) is 27.6 Å². The van der Waals surface area contributed by atoms with Crippen LogP contribution in [-0.4, -0.2) is 21.7 Å². The van der Waals surface area contributed by atoms with Crippen LogP contribution in [0.25, 0.3) is 27.5 Å². The van der Waals surface area contributed by atoms with Crippen molar-refractivity contribution in [1.29, 1.82) is 0 Å². The molecule has 3 aromatic rings. The number of pyridine rings is 1. The van der Waals surface area contributed by atoms with E-state index >= 15 is 0 Å². The zero-order valence-corrected chi connectivity index (χ0v) is 17.9. The molecule has 0 saturated carbocycles. The fraction of sp³-hybridized carbons (Fsp3) is 0.143. The first kappa shape index (κ1) is 20.5. The molecule has 1 atom stereocenters. The van der Waals surface area contributed by atoms with Gasteiger partial charge >= 0.3 is 0 Å². The smallest absolute Gasteiger partial charge is 0.159 e. The monoisotopic (exact) mass is 406 g/mol. The standard InChI is InChI=1S/C28H26N2O/c1-3-4-12-28(31)21(2)30-17-8-7-10-25(20-30)22-13-15-23(16-14-22)27-19-29-18-24-9-5-6-11-26(24)27/h3-11,13-21H,12H2,1-2H3/b4-3+/t21-/m1/s1. The zero-order chi connectivity index (χ0) is 21.6. The molecule has 0 fully saturated rings. The number of nitrogens with zero attached hydrogens (tertiary/aromatic N) is 2. The minimum atomic E-state index is -0.219. The van der Waals surface area contributed by atoms with Gasteiger partial charge in [-0.05, 0) is 42.0 Å². The summed E-state index contributed by atoms with van der Waals surface area (Å²) in [6.07, 6.45) is 18.2. The number of carbonyl (C=O) groups is 1. The Kier molecular flexibility index (Phi) is 6.23. The molecule has 0 N–H and O–H groups in total. The summed E-state index contributed by atoms with van der Waals surface area (Å²) in [6.45, 7) is 3.88. The van der Waals surface area contributed by atoms with Gasteiger partial charge in [-0.15, -0.1) is 0 Å². The second-order valence-electron chi connectivity index (χ2n) is 7.63. The van der Waals surface area contributed by atoms with Gasteiger partial charge in [0.1, 0.15) is 0 Å². The van der Waals surface area contributed by atoms with Crippen molar-refractivity contribution in [3.05, 3.63) is 109 Å². The lowest BCUT2D eigenvalue weighted by Crippen LogP contribution is -2.31. The molecule has 2 aromatic carbocycles. The highest BCUT2D eigenvalue weighted by Gasteiger charge is 2.17. The first-order chi connectivity index (χ1) is 15.2. The predicted octanol–water partition coefficient (Wildman–Crippen LogP) is 6.55. The van der Waals surface area contributed by atoms with Crippen LogP contribution in [0.5, 0.6) is 0 Å². The summed E-state index contributed by atoms with van der Waals surface area (Å²) in [7, 11) is 0. The van der Waals surface area contributed by atoms with Crippen molar-refractivity contribution >= 4 is 22.1 Å². The van der Waals surface area contributed by atoms with Crippen LogP contribution in [0.4, 0.5) is 0 Å². The van der Waals surface area contributed by atoms with E-state index in [0.29, 0.717) is 6.42 Å². The minimum absolute atomic E-state index is 0.194. The zero-order valence-electron chi connectivity index (χ0n) is 17.9. The Morgan fingerprint density at radius 2 is 1.81 bits per heavy atom. The molecule has 0 unspecified atom stereocenters. The number of rotatable bonds is 6. The van der Waals surface area contributed by atoms with Crippen molar-refractivity contribution in [2.24, 2.45) is 0 Å². The van der Waals surface area contributed by atoms with Gasteiger partial charge in [0, 0.05) is 42.2 Å². The molecule has 3 heteroatoms. The van der Waals surface area contributed by atoms with Crippen molar-refractivity contribution in [3.8, 4) is 11.1 Å². The second-order valence-corrected chi connectivity index (χ2v) is 7.63. The Morgan fingerprint density at radius 1 is 1.03 bits per heavy atom. The number of hydrogen-bond donors (Lipinski definition) is 0. The van der Waals surface area contributed by atoms with Gasteiger partial charge in [-0.25, -0.2) is 0 Å². The third-order valence-electron chi connectivity index (χ3n) is 5.60. The van der Waals surface area contributed by atoms with E-state index in [-0.39, 0.29) is 11.8 Å². The maximum atomic E-state index is 12.5. The van der Waals surface area contributed by atoms with E-state index in [2.05, 4.69) is 53.5 Å². The van der Waals surface area contributed by atoms with Gasteiger partial charge in [-0.1, -0.05) is 72.8 Å². The number of benzene rings is 2. The topological polar surface area (TPSA) is 33.2 Å². The molecule has 154 valence electrons. The van der Waals surface area contributed by atoms with Gasteiger partial charge in [-0.2, -0.15) is 0 Å². The van der Waals surface area contributed by atoms with Gasteiger partial charge in [0.25, 0.3) is 0 Å². The molecule has 0 radical (unpaired) electrons. The molecule has 0 aliphatic carbocycles. The van der Waals surface area contributed by atoms with E-state index in [1.54, 1.807) is 0 Å². The summed E-state index contributed by atoms with van der Waals surface area (Å²) in [5, 5.41) is 2.33. The molecule has 2 heterocycles. The predicted molar refractivity (Wildman–Crippen MR) is 129 cm³/mol. The minimum Gasteiger partial charge on any atom is -0.344 e. The lowest BCUT2D eigenvalue weighted by atomic mass is 9.98. The normalized spacial score (nSPS) is 14.6. The van der Waals surface area contributed by atoms with Crippen molar-refractivity contribution in [3.63, 3.8) is 0 Å². The van der Waals surface area contributed by atoms with E-state index in [1.807, 2.05) is 73.9 Å². The van der Waals surface area contributed by atoms with Crippen LogP contribution < -0.4 is 0 Å². The Bertz CT molecular complexity index is 1190. The Balaban J connectivity index is 1.62. The lowest BCUT2D eigenvalue weighted by Gasteiger charge is -2.23. The molecular formula is C28H26N2O. The Labute approximate surface area is 183 Å². The molecule has 1 aromatic heterocycles. The van der Waals surface area contributed by atoms with E-state index in [4.69, 9.17) is 0 Å². The SMILES string of the molecule is C/C=C/CC(=O)[C@@H](C)N1C=CC=CC(c2ccc(-c3cncc4ccccc34)cc2)=C1. The molecule has 0 amide bonds. The molecule has 1 aliphatic rings. The quantitative estimate of drug-likeness (QED) is 0.435. The maximum absolute atomic E-state index is 12.5. The number of Topliss-reactive ketones (excluding diaryl/α,β-unsaturated/α-hetero) is 1. The Morgan fingerprint density at radius 3 is 2.61 bits per heavy atom. The van der Waals surface area contributed by atoms with Crippen LogP contribution in [0.3, 0.4) is 0 Å². The van der Waals surface area contributed by atoms with Gasteiger partial charge in [0.15, 0.2) is 5.78 Å². The largest absolute Gasteiger partial charge is 0.344 e. The average molecular weight is 407 g/mol. The number of carbonyl (C=O) groups excluding carboxylic acids is 1. The third kappa shape index (κ3) is 4.56. The molecule has 0 saturated heterocycles. The number of hydrogen-bond acceptors (Lipinski definition) is 3. The van der Waals surface area contributed by atoms with Crippen LogP contribution in [0.2, 0.25) is 0 Å². The molecule has 31 heavy (non-hydrogen) atoms. The van der Waals surface area contributed by atoms with Crippen molar-refractivity contribution in [1.82, 2.24) is 9.88 Å². The van der Waals surface area contributed by atoms with Crippen LogP contribution >= 0.6 is 0 Å². The highest BCUT2D eigenvalue weighted by molar-refractivity contribution is 5.96. The summed E-state index contributed by atoms with van der Waals surface area (Å²) in [4.78, 5) is 18.9. The first-order valence-corrected chi connectivity index (χ1v) is 10.6. The summed E-state index contributed by atoms with van der Waals surface area (Å²) in [5.74, 6) is 0.194. The lowest BCUT2D eigenvalue weighted by molar-refractivity contribution is -0.121. The van der Waals surface area contributed by atoms with Crippen LogP contribution in [0, 0.1) is 0 Å². The highest BCUT2D eigenvalue weighted by Crippen LogP contribution is 2.29. The van der Waals surface area contributed by atoms with E-state index in [9.17, 15) is 4.79 Å². The number of fused-ring (bicyclic) bond motifs is 1. The summed E-state index contributed by atoms with van der Waals surface area (Å²) in [5.41, 5.74) is 4.44. The molecular weight excluding hydrogens is 380 g/mol. The number of ketones is 1. The van der Waals surface area contributed by atoms with Gasteiger partial charge in [0.2, 0.25) is 0 Å². The van der Waals surface area contributed by atoms with Gasteiger partial charge in [0.05, 0.1) is 6.04 Å². The summed E-state index contributed by atoms with van der Waals surface area (Å²) >= 11 is 0. The molecule has 0 bridgehead atoms. The van der Waals surface area contributed by atoms with Crippen LogP contribution in [0.1, 0.15) is 25.8 Å². The molecule has 0 spiro atoms. The van der Waals surface area contributed by atoms with Gasteiger partial charge in [-0.3, -0.25) is 9.78 Å². The fourth-order valence-electron chi connectivity index (χ4n) is 3.73. The second kappa shape index (κ2) is 9.40. The van der Waals surface area contributed by atoms with Crippen LogP contribution in [-0.2, 0) is 4.79 Å².